The summed E-state index contributed by atoms with van der Waals surface area (Å²) in [7, 11) is 0. The molecule has 1 aromatic heterocycles. The van der Waals surface area contributed by atoms with Crippen LogP contribution in [0.15, 0.2) is 36.5 Å². The SMILES string of the molecule is CCCCNC(=O)c1ccn(COc2ccc(F)cc2)n1. The van der Waals surface area contributed by atoms with Crippen LogP contribution in [-0.2, 0) is 6.73 Å². The number of nitrogens with one attached hydrogen (secondary N) is 1. The maximum Gasteiger partial charge on any atom is 0.271 e. The lowest BCUT2D eigenvalue weighted by atomic mass is 10.3. The molecule has 1 aromatic carbocycles. The lowest BCUT2D eigenvalue weighted by Crippen LogP contribution is -2.25. The monoisotopic (exact) mass is 291 g/mol. The van der Waals surface area contributed by atoms with Gasteiger partial charge in [0, 0.05) is 12.7 Å². The van der Waals surface area contributed by atoms with Gasteiger partial charge >= 0.3 is 0 Å². The van der Waals surface area contributed by atoms with Gasteiger partial charge in [-0.15, -0.1) is 0 Å². The van der Waals surface area contributed by atoms with Crippen molar-refractivity contribution >= 4 is 5.91 Å². The number of carbonyl (C=O) groups is 1. The molecule has 0 aliphatic heterocycles. The smallest absolute Gasteiger partial charge is 0.271 e. The van der Waals surface area contributed by atoms with Gasteiger partial charge in [0.25, 0.3) is 5.91 Å². The maximum atomic E-state index is 12.8. The average Bonchev–Trinajstić information content (AvgIpc) is 2.96. The Hall–Kier alpha value is -2.37. The fourth-order valence-corrected chi connectivity index (χ4v) is 1.70. The lowest BCUT2D eigenvalue weighted by molar-refractivity contribution is 0.0946. The molecule has 0 radical (unpaired) electrons. The Bertz CT molecular complexity index is 581. The van der Waals surface area contributed by atoms with Crippen LogP contribution >= 0.6 is 0 Å². The van der Waals surface area contributed by atoms with Crippen LogP contribution in [0.5, 0.6) is 5.75 Å². The number of nitrogens with zero attached hydrogens (tertiary/aromatic N) is 2. The third-order valence-corrected chi connectivity index (χ3v) is 2.87. The third-order valence-electron chi connectivity index (χ3n) is 2.87. The van der Waals surface area contributed by atoms with Crippen molar-refractivity contribution in [3.63, 3.8) is 0 Å². The van der Waals surface area contributed by atoms with E-state index in [1.54, 1.807) is 12.3 Å². The number of amides is 1. The standard InChI is InChI=1S/C15H18FN3O2/c1-2-3-9-17-15(20)14-8-10-19(18-14)11-21-13-6-4-12(16)5-7-13/h4-8,10H,2-3,9,11H2,1H3,(H,17,20). The molecule has 0 aliphatic rings. The van der Waals surface area contributed by atoms with Crippen LogP contribution < -0.4 is 10.1 Å². The van der Waals surface area contributed by atoms with Crippen molar-refractivity contribution in [2.75, 3.05) is 6.54 Å². The summed E-state index contributed by atoms with van der Waals surface area (Å²) in [5.41, 5.74) is 0.355. The van der Waals surface area contributed by atoms with Crippen molar-refractivity contribution in [1.82, 2.24) is 15.1 Å². The Morgan fingerprint density at radius 1 is 1.33 bits per heavy atom. The molecule has 1 heterocycles. The van der Waals surface area contributed by atoms with Gasteiger partial charge < -0.3 is 10.1 Å². The van der Waals surface area contributed by atoms with Crippen LogP contribution in [0.25, 0.3) is 0 Å². The minimum Gasteiger partial charge on any atom is -0.471 e. The van der Waals surface area contributed by atoms with Gasteiger partial charge in [-0.2, -0.15) is 5.10 Å². The highest BCUT2D eigenvalue weighted by Crippen LogP contribution is 2.11. The zero-order valence-corrected chi connectivity index (χ0v) is 11.9. The molecular formula is C15H18FN3O2. The lowest BCUT2D eigenvalue weighted by Gasteiger charge is -2.06. The highest BCUT2D eigenvalue weighted by atomic mass is 19.1. The predicted octanol–water partition coefficient (Wildman–Crippen LogP) is 2.59. The largest absolute Gasteiger partial charge is 0.471 e. The predicted molar refractivity (Wildman–Crippen MR) is 76.5 cm³/mol. The number of benzene rings is 1. The van der Waals surface area contributed by atoms with Crippen LogP contribution in [0, 0.1) is 5.82 Å². The molecule has 2 rings (SSSR count). The first-order valence-electron chi connectivity index (χ1n) is 6.89. The van der Waals surface area contributed by atoms with E-state index >= 15 is 0 Å². The van der Waals surface area contributed by atoms with Gasteiger partial charge in [-0.25, -0.2) is 9.07 Å². The van der Waals surface area contributed by atoms with Gasteiger partial charge in [0.2, 0.25) is 0 Å². The van der Waals surface area contributed by atoms with Gasteiger partial charge in [0.15, 0.2) is 6.73 Å². The number of ether oxygens (including phenoxy) is 1. The van der Waals surface area contributed by atoms with E-state index < -0.39 is 0 Å². The van der Waals surface area contributed by atoms with Crippen molar-refractivity contribution in [3.05, 3.63) is 48.0 Å². The molecule has 0 bridgehead atoms. The number of carbonyl (C=O) groups excluding carboxylic acids is 1. The average molecular weight is 291 g/mol. The first kappa shape index (κ1) is 15.0. The van der Waals surface area contributed by atoms with Crippen LogP contribution in [0.1, 0.15) is 30.3 Å². The maximum absolute atomic E-state index is 12.8. The molecule has 6 heteroatoms. The van der Waals surface area contributed by atoms with E-state index in [1.165, 1.54) is 28.9 Å². The van der Waals surface area contributed by atoms with E-state index in [4.69, 9.17) is 4.74 Å². The quantitative estimate of drug-likeness (QED) is 0.798. The summed E-state index contributed by atoms with van der Waals surface area (Å²) in [6, 6.07) is 7.36. The second-order valence-corrected chi connectivity index (χ2v) is 4.58. The van der Waals surface area contributed by atoms with Gasteiger partial charge in [-0.3, -0.25) is 4.79 Å². The summed E-state index contributed by atoms with van der Waals surface area (Å²) < 4.78 is 19.7. The molecule has 0 fully saturated rings. The highest BCUT2D eigenvalue weighted by Gasteiger charge is 2.08. The topological polar surface area (TPSA) is 56.2 Å². The Morgan fingerprint density at radius 3 is 2.81 bits per heavy atom. The van der Waals surface area contributed by atoms with Gasteiger partial charge in [0.05, 0.1) is 0 Å². The first-order chi connectivity index (χ1) is 10.2. The molecule has 0 atom stereocenters. The molecule has 5 nitrogen and oxygen atoms in total. The van der Waals surface area contributed by atoms with Crippen LogP contribution in [0.2, 0.25) is 0 Å². The van der Waals surface area contributed by atoms with Crippen LogP contribution in [0.3, 0.4) is 0 Å². The fraction of sp³-hybridized carbons (Fsp3) is 0.333. The summed E-state index contributed by atoms with van der Waals surface area (Å²) in [4.78, 5) is 11.8. The molecule has 1 N–H and O–H groups in total. The first-order valence-corrected chi connectivity index (χ1v) is 6.89. The number of aromatic nitrogens is 2. The normalized spacial score (nSPS) is 10.4. The second-order valence-electron chi connectivity index (χ2n) is 4.58. The summed E-state index contributed by atoms with van der Waals surface area (Å²) in [6.45, 7) is 2.87. The Morgan fingerprint density at radius 2 is 2.10 bits per heavy atom. The Kier molecular flexibility index (Phi) is 5.31. The van der Waals surface area contributed by atoms with Crippen LogP contribution in [0.4, 0.5) is 4.39 Å². The van der Waals surface area contributed by atoms with E-state index in [1.807, 2.05) is 0 Å². The summed E-state index contributed by atoms with van der Waals surface area (Å²) in [5.74, 6) is 0.0392. The molecule has 0 saturated heterocycles. The fourth-order valence-electron chi connectivity index (χ4n) is 1.70. The van der Waals surface area contributed by atoms with E-state index in [0.717, 1.165) is 12.8 Å². The van der Waals surface area contributed by atoms with Gasteiger partial charge in [-0.05, 0) is 36.8 Å². The second kappa shape index (κ2) is 7.42. The van der Waals surface area contributed by atoms with Crippen molar-refractivity contribution in [1.29, 1.82) is 0 Å². The summed E-state index contributed by atoms with van der Waals surface area (Å²) >= 11 is 0. The highest BCUT2D eigenvalue weighted by molar-refractivity contribution is 5.92. The number of halogens is 1. The molecule has 0 unspecified atom stereocenters. The summed E-state index contributed by atoms with van der Waals surface area (Å²) in [5, 5.41) is 6.92. The minimum absolute atomic E-state index is 0.161. The van der Waals surface area contributed by atoms with E-state index in [0.29, 0.717) is 18.0 Å². The number of hydrogen-bond donors (Lipinski definition) is 1. The molecule has 0 saturated carbocycles. The molecule has 112 valence electrons. The molecular weight excluding hydrogens is 273 g/mol. The molecule has 2 aromatic rings. The minimum atomic E-state index is -0.313. The molecule has 0 aliphatic carbocycles. The number of unbranched alkanes of at least 4 members (excludes halogenated alkanes) is 1. The van der Waals surface area contributed by atoms with Crippen molar-refractivity contribution in [2.24, 2.45) is 0 Å². The number of hydrogen-bond acceptors (Lipinski definition) is 3. The molecule has 1 amide bonds. The zero-order valence-electron chi connectivity index (χ0n) is 11.9. The Labute approximate surface area is 122 Å². The van der Waals surface area contributed by atoms with E-state index in [-0.39, 0.29) is 18.5 Å². The van der Waals surface area contributed by atoms with Crippen molar-refractivity contribution in [3.8, 4) is 5.75 Å². The van der Waals surface area contributed by atoms with Crippen LogP contribution in [-0.4, -0.2) is 22.2 Å². The summed E-state index contributed by atoms with van der Waals surface area (Å²) in [6.07, 6.45) is 3.64. The van der Waals surface area contributed by atoms with E-state index in [9.17, 15) is 9.18 Å². The number of rotatable bonds is 7. The van der Waals surface area contributed by atoms with E-state index in [2.05, 4.69) is 17.3 Å². The van der Waals surface area contributed by atoms with Gasteiger partial charge in [-0.1, -0.05) is 13.3 Å². The third kappa shape index (κ3) is 4.59. The van der Waals surface area contributed by atoms with Gasteiger partial charge in [0.1, 0.15) is 17.3 Å². The molecule has 0 spiro atoms. The Balaban J connectivity index is 1.85. The van der Waals surface area contributed by atoms with Crippen molar-refractivity contribution < 1.29 is 13.9 Å². The van der Waals surface area contributed by atoms with Crippen molar-refractivity contribution in [2.45, 2.75) is 26.5 Å². The zero-order chi connectivity index (χ0) is 15.1. The molecule has 21 heavy (non-hydrogen) atoms.